The molecule has 4 aliphatic carbocycles. The lowest BCUT2D eigenvalue weighted by Gasteiger charge is -2.69. The van der Waals surface area contributed by atoms with E-state index in [1.54, 1.807) is 14.2 Å². The molecule has 178 valence electrons. The van der Waals surface area contributed by atoms with Gasteiger partial charge in [0.25, 0.3) is 0 Å². The number of piperidine rings is 1. The van der Waals surface area contributed by atoms with Crippen LogP contribution in [0.15, 0.2) is 48.6 Å². The fraction of sp³-hybridized carbons (Fsp3) is 0.379. The first-order chi connectivity index (χ1) is 17.0. The standard InChI is InChI=1S/C29H27NO5/c1-30-13-12-28-20-15-8-9-18(33-2)25(20)35-26(28)29(34-3)11-10-27(28,19(30)14-15)21-22(29)24(32)17-7-5-4-6-16(17)23(21)31/h4-11,19,26,31-32H,12-14H2,1-3H3/t19-,26+,27+,28+,29-/m1/s1. The van der Waals surface area contributed by atoms with Crippen molar-refractivity contribution in [3.05, 3.63) is 70.8 Å². The second-order valence-electron chi connectivity index (χ2n) is 10.7. The Morgan fingerprint density at radius 3 is 2.43 bits per heavy atom. The van der Waals surface area contributed by atoms with Crippen molar-refractivity contribution in [2.75, 3.05) is 27.8 Å². The summed E-state index contributed by atoms with van der Waals surface area (Å²) in [6.45, 7) is 0.908. The van der Waals surface area contributed by atoms with Crippen molar-refractivity contribution in [2.45, 2.75) is 41.4 Å². The fourth-order valence-electron chi connectivity index (χ4n) is 8.66. The summed E-state index contributed by atoms with van der Waals surface area (Å²) in [5.74, 6) is 1.89. The quantitative estimate of drug-likeness (QED) is 0.439. The lowest BCUT2D eigenvalue weighted by atomic mass is 9.37. The van der Waals surface area contributed by atoms with E-state index in [0.29, 0.717) is 22.1 Å². The van der Waals surface area contributed by atoms with Crippen LogP contribution in [0.4, 0.5) is 0 Å². The molecule has 6 aliphatic rings. The first kappa shape index (κ1) is 20.0. The first-order valence-corrected chi connectivity index (χ1v) is 12.3. The van der Waals surface area contributed by atoms with Gasteiger partial charge in [-0.25, -0.2) is 0 Å². The maximum Gasteiger partial charge on any atom is 0.166 e. The van der Waals surface area contributed by atoms with Gasteiger partial charge in [0.05, 0.1) is 12.5 Å². The normalized spacial score (nSPS) is 35.1. The summed E-state index contributed by atoms with van der Waals surface area (Å²) in [5.41, 5.74) is 1.79. The Kier molecular flexibility index (Phi) is 3.40. The van der Waals surface area contributed by atoms with Crippen molar-refractivity contribution in [2.24, 2.45) is 0 Å². The summed E-state index contributed by atoms with van der Waals surface area (Å²) in [5, 5.41) is 25.1. The SMILES string of the molecule is COc1ccc2c3c1O[C@H]1[C@]34CCN(C)[C@H](C2)[C@]42C=C[C@@]1(OC)c1c2c(O)c2ccccc2c1O. The van der Waals surface area contributed by atoms with Crippen LogP contribution in [0.25, 0.3) is 10.8 Å². The van der Waals surface area contributed by atoms with Gasteiger partial charge in [-0.3, -0.25) is 0 Å². The number of aromatic hydroxyl groups is 2. The van der Waals surface area contributed by atoms with Gasteiger partial charge in [0.1, 0.15) is 17.6 Å². The molecule has 1 fully saturated rings. The van der Waals surface area contributed by atoms with E-state index in [1.165, 1.54) is 11.1 Å². The summed E-state index contributed by atoms with van der Waals surface area (Å²) < 4.78 is 19.1. The maximum absolute atomic E-state index is 12.0. The molecule has 2 aliphatic heterocycles. The van der Waals surface area contributed by atoms with Crippen LogP contribution >= 0.6 is 0 Å². The van der Waals surface area contributed by atoms with Crippen LogP contribution in [0.1, 0.15) is 28.7 Å². The van der Waals surface area contributed by atoms with E-state index in [1.807, 2.05) is 30.3 Å². The highest BCUT2D eigenvalue weighted by molar-refractivity contribution is 5.98. The molecule has 0 amide bonds. The van der Waals surface area contributed by atoms with E-state index in [2.05, 4.69) is 30.2 Å². The summed E-state index contributed by atoms with van der Waals surface area (Å²) in [4.78, 5) is 2.42. The summed E-state index contributed by atoms with van der Waals surface area (Å²) in [6.07, 6.45) is 5.62. The van der Waals surface area contributed by atoms with Crippen LogP contribution in [-0.2, 0) is 27.6 Å². The maximum atomic E-state index is 12.0. The number of phenols is 2. The minimum absolute atomic E-state index is 0.0887. The minimum atomic E-state index is -1.05. The third-order valence-electron chi connectivity index (χ3n) is 9.91. The Bertz CT molecular complexity index is 1510. The predicted octanol–water partition coefficient (Wildman–Crippen LogP) is 3.88. The number of nitrogens with zero attached hydrogens (tertiary/aromatic N) is 1. The molecule has 3 aromatic carbocycles. The minimum Gasteiger partial charge on any atom is -0.507 e. The van der Waals surface area contributed by atoms with Gasteiger partial charge in [-0.2, -0.15) is 0 Å². The molecule has 1 saturated heterocycles. The first-order valence-electron chi connectivity index (χ1n) is 12.3. The third kappa shape index (κ3) is 1.78. The zero-order valence-electron chi connectivity index (χ0n) is 20.0. The molecular weight excluding hydrogens is 442 g/mol. The molecule has 3 aromatic rings. The third-order valence-corrected chi connectivity index (χ3v) is 9.91. The lowest BCUT2D eigenvalue weighted by Crippen LogP contribution is -2.77. The molecular formula is C29H27NO5. The molecule has 35 heavy (non-hydrogen) atoms. The molecule has 2 heterocycles. The molecule has 2 spiro atoms. The number of phenolic OH excluding ortho intramolecular Hbond substituents is 2. The van der Waals surface area contributed by atoms with E-state index in [0.717, 1.165) is 30.7 Å². The molecule has 2 N–H and O–H groups in total. The Hall–Kier alpha value is -3.22. The Morgan fingerprint density at radius 1 is 0.971 bits per heavy atom. The molecule has 0 saturated carbocycles. The van der Waals surface area contributed by atoms with Crippen LogP contribution in [-0.4, -0.2) is 55.1 Å². The van der Waals surface area contributed by atoms with Gasteiger partial charge in [0, 0.05) is 46.0 Å². The Labute approximate surface area is 203 Å². The molecule has 6 heteroatoms. The number of rotatable bonds is 2. The zero-order valence-corrected chi connectivity index (χ0v) is 20.0. The van der Waals surface area contributed by atoms with Crippen LogP contribution < -0.4 is 9.47 Å². The predicted molar refractivity (Wildman–Crippen MR) is 131 cm³/mol. The zero-order chi connectivity index (χ0) is 23.9. The van der Waals surface area contributed by atoms with Crippen LogP contribution in [0.5, 0.6) is 23.0 Å². The van der Waals surface area contributed by atoms with Gasteiger partial charge in [-0.05, 0) is 44.1 Å². The smallest absolute Gasteiger partial charge is 0.166 e. The van der Waals surface area contributed by atoms with Gasteiger partial charge in [-0.1, -0.05) is 36.4 Å². The highest BCUT2D eigenvalue weighted by Crippen LogP contribution is 2.76. The monoisotopic (exact) mass is 469 g/mol. The second kappa shape index (κ2) is 5.94. The van der Waals surface area contributed by atoms with Crippen molar-refractivity contribution in [1.82, 2.24) is 4.90 Å². The summed E-state index contributed by atoms with van der Waals surface area (Å²) >= 11 is 0. The highest BCUT2D eigenvalue weighted by atomic mass is 16.6. The topological polar surface area (TPSA) is 71.4 Å². The number of ether oxygens (including phenoxy) is 3. The van der Waals surface area contributed by atoms with Gasteiger partial charge in [0.2, 0.25) is 0 Å². The number of benzene rings is 3. The van der Waals surface area contributed by atoms with E-state index < -0.39 is 22.5 Å². The number of likely N-dealkylation sites (tertiary alicyclic amines) is 1. The van der Waals surface area contributed by atoms with Crippen molar-refractivity contribution >= 4 is 10.8 Å². The number of likely N-dealkylation sites (N-methyl/N-ethyl adjacent to an activating group) is 1. The molecule has 4 bridgehead atoms. The molecule has 0 aromatic heterocycles. The van der Waals surface area contributed by atoms with Crippen molar-refractivity contribution in [3.63, 3.8) is 0 Å². The molecule has 0 unspecified atom stereocenters. The Morgan fingerprint density at radius 2 is 1.71 bits per heavy atom. The Balaban J connectivity index is 1.61. The van der Waals surface area contributed by atoms with Crippen LogP contribution in [0, 0.1) is 0 Å². The average Bonchev–Trinajstić information content (AvgIpc) is 3.26. The summed E-state index contributed by atoms with van der Waals surface area (Å²) in [6, 6.07) is 11.8. The highest BCUT2D eigenvalue weighted by Gasteiger charge is 2.79. The van der Waals surface area contributed by atoms with Crippen molar-refractivity contribution in [3.8, 4) is 23.0 Å². The average molecular weight is 470 g/mol. The van der Waals surface area contributed by atoms with Crippen LogP contribution in [0.2, 0.25) is 0 Å². The van der Waals surface area contributed by atoms with Gasteiger partial charge < -0.3 is 29.3 Å². The lowest BCUT2D eigenvalue weighted by molar-refractivity contribution is -0.145. The number of hydrogen-bond donors (Lipinski definition) is 2. The van der Waals surface area contributed by atoms with Crippen LogP contribution in [0.3, 0.4) is 0 Å². The largest absolute Gasteiger partial charge is 0.507 e. The molecule has 5 atom stereocenters. The number of methoxy groups -OCH3 is 2. The molecule has 0 radical (unpaired) electrons. The number of fused-ring (bicyclic) bond motifs is 1. The van der Waals surface area contributed by atoms with E-state index >= 15 is 0 Å². The van der Waals surface area contributed by atoms with E-state index in [-0.39, 0.29) is 17.5 Å². The van der Waals surface area contributed by atoms with Gasteiger partial charge in [0.15, 0.2) is 17.1 Å². The van der Waals surface area contributed by atoms with E-state index in [9.17, 15) is 10.2 Å². The van der Waals surface area contributed by atoms with Gasteiger partial charge in [-0.15, -0.1) is 0 Å². The fourth-order valence-corrected chi connectivity index (χ4v) is 8.66. The van der Waals surface area contributed by atoms with E-state index in [4.69, 9.17) is 14.2 Å². The van der Waals surface area contributed by atoms with Gasteiger partial charge >= 0.3 is 0 Å². The van der Waals surface area contributed by atoms with Crippen molar-refractivity contribution in [1.29, 1.82) is 0 Å². The second-order valence-corrected chi connectivity index (χ2v) is 10.7. The summed E-state index contributed by atoms with van der Waals surface area (Å²) in [7, 11) is 5.52. The molecule has 9 rings (SSSR count). The number of hydrogen-bond acceptors (Lipinski definition) is 6. The molecule has 6 nitrogen and oxygen atoms in total. The van der Waals surface area contributed by atoms with Crippen molar-refractivity contribution < 1.29 is 24.4 Å².